The third kappa shape index (κ3) is 6.60. The highest BCUT2D eigenvalue weighted by Gasteiger charge is 2.38. The number of amides is 2. The van der Waals surface area contributed by atoms with Crippen molar-refractivity contribution in [2.45, 2.75) is 57.6 Å². The van der Waals surface area contributed by atoms with Crippen molar-refractivity contribution in [3.05, 3.63) is 95.6 Å². The Bertz CT molecular complexity index is 1200. The van der Waals surface area contributed by atoms with Gasteiger partial charge in [0, 0.05) is 36.8 Å². The SMILES string of the molecule is CC(C)(C)c1ccc(N(C(=O)C2CCCO2)C(C(=O)NCCc2cccc(F)c2)c2cccnc2)cc1. The summed E-state index contributed by atoms with van der Waals surface area (Å²) in [5.41, 5.74) is 3.06. The summed E-state index contributed by atoms with van der Waals surface area (Å²) in [4.78, 5) is 33.3. The molecular formula is C30H34FN3O3. The van der Waals surface area contributed by atoms with Crippen molar-refractivity contribution in [1.82, 2.24) is 10.3 Å². The molecule has 3 aromatic rings. The fourth-order valence-corrected chi connectivity index (χ4v) is 4.53. The molecule has 7 heteroatoms. The zero-order chi connectivity index (χ0) is 26.4. The molecule has 0 bridgehead atoms. The summed E-state index contributed by atoms with van der Waals surface area (Å²) in [5.74, 6) is -0.908. The minimum Gasteiger partial charge on any atom is -0.368 e. The van der Waals surface area contributed by atoms with E-state index in [1.165, 1.54) is 17.0 Å². The van der Waals surface area contributed by atoms with E-state index in [-0.39, 0.29) is 23.0 Å². The van der Waals surface area contributed by atoms with E-state index in [4.69, 9.17) is 4.74 Å². The smallest absolute Gasteiger partial charge is 0.257 e. The maximum absolute atomic E-state index is 13.8. The molecule has 1 aliphatic heterocycles. The van der Waals surface area contributed by atoms with Crippen LogP contribution in [0.5, 0.6) is 0 Å². The average molecular weight is 504 g/mol. The van der Waals surface area contributed by atoms with E-state index >= 15 is 0 Å². The second kappa shape index (κ2) is 11.6. The third-order valence-corrected chi connectivity index (χ3v) is 6.56. The van der Waals surface area contributed by atoms with Crippen LogP contribution in [0.1, 0.15) is 56.3 Å². The quantitative estimate of drug-likeness (QED) is 0.463. The molecule has 2 unspecified atom stereocenters. The molecule has 4 rings (SSSR count). The molecule has 1 saturated heterocycles. The molecule has 2 aromatic carbocycles. The Hall–Kier alpha value is -3.58. The van der Waals surface area contributed by atoms with Crippen LogP contribution in [0.15, 0.2) is 73.1 Å². The van der Waals surface area contributed by atoms with E-state index < -0.39 is 12.1 Å². The number of ether oxygens (including phenoxy) is 1. The Kier molecular flexibility index (Phi) is 8.34. The second-order valence-electron chi connectivity index (χ2n) is 10.4. The number of carbonyl (C=O) groups is 2. The Morgan fingerprint density at radius 3 is 2.54 bits per heavy atom. The number of hydrogen-bond donors (Lipinski definition) is 1. The van der Waals surface area contributed by atoms with E-state index in [0.717, 1.165) is 17.5 Å². The van der Waals surface area contributed by atoms with Crippen LogP contribution in [0, 0.1) is 5.82 Å². The van der Waals surface area contributed by atoms with Crippen molar-refractivity contribution >= 4 is 17.5 Å². The molecule has 1 fully saturated rings. The topological polar surface area (TPSA) is 71.5 Å². The first-order valence-corrected chi connectivity index (χ1v) is 12.7. The van der Waals surface area contributed by atoms with Gasteiger partial charge in [-0.2, -0.15) is 0 Å². The van der Waals surface area contributed by atoms with Gasteiger partial charge in [0.1, 0.15) is 18.0 Å². The van der Waals surface area contributed by atoms with Gasteiger partial charge >= 0.3 is 0 Å². The van der Waals surface area contributed by atoms with E-state index in [1.54, 1.807) is 30.6 Å². The standard InChI is InChI=1S/C30H34FN3O3/c1-30(2,3)23-11-13-25(14-12-23)34(29(36)26-10-6-18-37-26)27(22-8-5-16-32-20-22)28(35)33-17-15-21-7-4-9-24(31)19-21/h4-5,7-9,11-14,16,19-20,26-27H,6,10,15,17-18H2,1-3H3,(H,33,35). The van der Waals surface area contributed by atoms with Crippen molar-refractivity contribution in [3.8, 4) is 0 Å². The monoisotopic (exact) mass is 503 g/mol. The number of aromatic nitrogens is 1. The number of nitrogens with one attached hydrogen (secondary N) is 1. The van der Waals surface area contributed by atoms with E-state index in [9.17, 15) is 14.0 Å². The number of rotatable bonds is 8. The van der Waals surface area contributed by atoms with Gasteiger partial charge in [-0.15, -0.1) is 0 Å². The highest BCUT2D eigenvalue weighted by atomic mass is 19.1. The molecule has 0 spiro atoms. The lowest BCUT2D eigenvalue weighted by molar-refractivity contribution is -0.131. The summed E-state index contributed by atoms with van der Waals surface area (Å²) < 4.78 is 19.3. The predicted octanol–water partition coefficient (Wildman–Crippen LogP) is 5.13. The summed E-state index contributed by atoms with van der Waals surface area (Å²) in [5, 5.41) is 2.96. The number of pyridine rings is 1. The maximum atomic E-state index is 13.8. The van der Waals surface area contributed by atoms with Crippen LogP contribution in [0.2, 0.25) is 0 Å². The summed E-state index contributed by atoms with van der Waals surface area (Å²) in [6, 6.07) is 16.7. The molecule has 0 radical (unpaired) electrons. The van der Waals surface area contributed by atoms with Crippen LogP contribution < -0.4 is 10.2 Å². The minimum atomic E-state index is -0.946. The van der Waals surface area contributed by atoms with Crippen LogP contribution in [-0.4, -0.2) is 36.1 Å². The molecule has 0 aliphatic carbocycles. The second-order valence-corrected chi connectivity index (χ2v) is 10.4. The first kappa shape index (κ1) is 26.5. The van der Waals surface area contributed by atoms with Crippen LogP contribution in [0.3, 0.4) is 0 Å². The number of hydrogen-bond acceptors (Lipinski definition) is 4. The molecule has 1 aromatic heterocycles. The molecule has 0 saturated carbocycles. The third-order valence-electron chi connectivity index (χ3n) is 6.56. The molecule has 37 heavy (non-hydrogen) atoms. The summed E-state index contributed by atoms with van der Waals surface area (Å²) >= 11 is 0. The number of anilines is 1. The zero-order valence-corrected chi connectivity index (χ0v) is 21.6. The van der Waals surface area contributed by atoms with Gasteiger partial charge in [0.05, 0.1) is 0 Å². The van der Waals surface area contributed by atoms with E-state index in [2.05, 4.69) is 31.1 Å². The average Bonchev–Trinajstić information content (AvgIpc) is 3.42. The van der Waals surface area contributed by atoms with E-state index in [0.29, 0.717) is 37.2 Å². The lowest BCUT2D eigenvalue weighted by atomic mass is 9.87. The molecule has 194 valence electrons. The van der Waals surface area contributed by atoms with E-state index in [1.807, 2.05) is 30.3 Å². The van der Waals surface area contributed by atoms with Crippen molar-refractivity contribution in [3.63, 3.8) is 0 Å². The highest BCUT2D eigenvalue weighted by Crippen LogP contribution is 2.32. The summed E-state index contributed by atoms with van der Waals surface area (Å²) in [6.07, 6.45) is 4.49. The molecule has 6 nitrogen and oxygen atoms in total. The van der Waals surface area contributed by atoms with Crippen molar-refractivity contribution < 1.29 is 18.7 Å². The fraction of sp³-hybridized carbons (Fsp3) is 0.367. The molecule has 2 atom stereocenters. The normalized spacial score (nSPS) is 16.3. The molecule has 2 amide bonds. The Morgan fingerprint density at radius 1 is 1.14 bits per heavy atom. The molecule has 2 heterocycles. The van der Waals surface area contributed by atoms with Gasteiger partial charge < -0.3 is 10.1 Å². The minimum absolute atomic E-state index is 0.0566. The van der Waals surface area contributed by atoms with Crippen molar-refractivity contribution in [1.29, 1.82) is 0 Å². The largest absolute Gasteiger partial charge is 0.368 e. The molecule has 1 aliphatic rings. The molecule has 1 N–H and O–H groups in total. The van der Waals surface area contributed by atoms with Gasteiger partial charge in [-0.25, -0.2) is 4.39 Å². The van der Waals surface area contributed by atoms with Gasteiger partial charge in [-0.1, -0.05) is 51.1 Å². The lowest BCUT2D eigenvalue weighted by Gasteiger charge is -2.33. The fourth-order valence-electron chi connectivity index (χ4n) is 4.53. The van der Waals surface area contributed by atoms with Crippen LogP contribution in [-0.2, 0) is 26.2 Å². The van der Waals surface area contributed by atoms with Crippen LogP contribution >= 0.6 is 0 Å². The number of halogens is 1. The molecular weight excluding hydrogens is 469 g/mol. The first-order valence-electron chi connectivity index (χ1n) is 12.7. The maximum Gasteiger partial charge on any atom is 0.257 e. The van der Waals surface area contributed by atoms with Gasteiger partial charge in [-0.3, -0.25) is 19.5 Å². The van der Waals surface area contributed by atoms with Crippen LogP contribution in [0.25, 0.3) is 0 Å². The Morgan fingerprint density at radius 2 is 1.92 bits per heavy atom. The number of benzene rings is 2. The first-order chi connectivity index (χ1) is 17.7. The van der Waals surface area contributed by atoms with Crippen molar-refractivity contribution in [2.75, 3.05) is 18.1 Å². The number of carbonyl (C=O) groups excluding carboxylic acids is 2. The predicted molar refractivity (Wildman–Crippen MR) is 142 cm³/mol. The van der Waals surface area contributed by atoms with Crippen molar-refractivity contribution in [2.24, 2.45) is 0 Å². The van der Waals surface area contributed by atoms with Gasteiger partial charge in [-0.05, 0) is 66.1 Å². The Labute approximate surface area is 217 Å². The number of nitrogens with zero attached hydrogens (tertiary/aromatic N) is 2. The zero-order valence-electron chi connectivity index (χ0n) is 21.6. The highest BCUT2D eigenvalue weighted by molar-refractivity contribution is 6.03. The van der Waals surface area contributed by atoms with Gasteiger partial charge in [0.2, 0.25) is 5.91 Å². The Balaban J connectivity index is 1.67. The van der Waals surface area contributed by atoms with Gasteiger partial charge in [0.15, 0.2) is 0 Å². The van der Waals surface area contributed by atoms with Crippen LogP contribution in [0.4, 0.5) is 10.1 Å². The lowest BCUT2D eigenvalue weighted by Crippen LogP contribution is -2.48. The van der Waals surface area contributed by atoms with Gasteiger partial charge in [0.25, 0.3) is 5.91 Å². The summed E-state index contributed by atoms with van der Waals surface area (Å²) in [6.45, 7) is 7.19. The summed E-state index contributed by atoms with van der Waals surface area (Å²) in [7, 11) is 0.